The van der Waals surface area contributed by atoms with Gasteiger partial charge >= 0.3 is 5.97 Å². The van der Waals surface area contributed by atoms with Crippen LogP contribution in [0, 0.1) is 0 Å². The lowest BCUT2D eigenvalue weighted by Crippen LogP contribution is -2.26. The lowest BCUT2D eigenvalue weighted by Gasteiger charge is -2.12. The number of carbonyl (C=O) groups excluding carboxylic acids is 1. The zero-order valence-electron chi connectivity index (χ0n) is 18.1. The second-order valence-electron chi connectivity index (χ2n) is 7.71. The van der Waals surface area contributed by atoms with Crippen molar-refractivity contribution in [3.63, 3.8) is 0 Å². The number of carboxylic acid groups (broad SMARTS) is 1. The average Bonchev–Trinajstić information content (AvgIpc) is 2.77. The first-order chi connectivity index (χ1) is 15.3. The standard InChI is InChI=1S/C24H30ClNO5S/c25-20-15-16-22(21(18-20)24(29)19-12-8-7-9-13-19)32(30,31)26-17-11-6-4-2-1-3-5-10-14-23(27)28/h7-9,12-13,15-16,18,26H,1-6,10-11,14,17H2,(H,27,28). The Balaban J connectivity index is 1.81. The van der Waals surface area contributed by atoms with Crippen molar-refractivity contribution in [1.82, 2.24) is 4.72 Å². The molecule has 0 spiro atoms. The molecule has 0 aliphatic heterocycles. The van der Waals surface area contributed by atoms with Crippen molar-refractivity contribution in [1.29, 1.82) is 0 Å². The lowest BCUT2D eigenvalue weighted by molar-refractivity contribution is -0.137. The summed E-state index contributed by atoms with van der Waals surface area (Å²) in [5.74, 6) is -1.14. The normalized spacial score (nSPS) is 11.4. The van der Waals surface area contributed by atoms with Crippen LogP contribution in [0.3, 0.4) is 0 Å². The van der Waals surface area contributed by atoms with Crippen LogP contribution in [-0.4, -0.2) is 31.8 Å². The summed E-state index contributed by atoms with van der Waals surface area (Å²) < 4.78 is 28.3. The number of hydrogen-bond donors (Lipinski definition) is 2. The second-order valence-corrected chi connectivity index (χ2v) is 9.88. The number of halogens is 1. The number of rotatable bonds is 15. The van der Waals surface area contributed by atoms with Crippen molar-refractivity contribution < 1.29 is 23.1 Å². The Hall–Kier alpha value is -2.22. The highest BCUT2D eigenvalue weighted by molar-refractivity contribution is 7.89. The largest absolute Gasteiger partial charge is 0.481 e. The highest BCUT2D eigenvalue weighted by Crippen LogP contribution is 2.23. The van der Waals surface area contributed by atoms with Gasteiger partial charge in [0.15, 0.2) is 5.78 Å². The summed E-state index contributed by atoms with van der Waals surface area (Å²) in [4.78, 5) is 23.2. The quantitative estimate of drug-likeness (QED) is 0.261. The lowest BCUT2D eigenvalue weighted by atomic mass is 10.0. The molecule has 0 aliphatic carbocycles. The summed E-state index contributed by atoms with van der Waals surface area (Å²) in [6.07, 6.45) is 7.60. The Morgan fingerprint density at radius 3 is 2.06 bits per heavy atom. The third-order valence-electron chi connectivity index (χ3n) is 5.12. The van der Waals surface area contributed by atoms with Crippen LogP contribution >= 0.6 is 11.6 Å². The van der Waals surface area contributed by atoms with Gasteiger partial charge in [-0.15, -0.1) is 0 Å². The van der Waals surface area contributed by atoms with Crippen molar-refractivity contribution in [3.05, 3.63) is 64.7 Å². The van der Waals surface area contributed by atoms with E-state index < -0.39 is 21.8 Å². The van der Waals surface area contributed by atoms with Gasteiger partial charge in [-0.05, 0) is 31.0 Å². The molecule has 8 heteroatoms. The molecule has 0 atom stereocenters. The molecule has 2 aromatic carbocycles. The minimum atomic E-state index is -3.85. The number of hydrogen-bond acceptors (Lipinski definition) is 4. The highest BCUT2D eigenvalue weighted by atomic mass is 35.5. The minimum Gasteiger partial charge on any atom is -0.481 e. The third-order valence-corrected chi connectivity index (χ3v) is 6.88. The number of nitrogens with one attached hydrogen (secondary N) is 1. The summed E-state index contributed by atoms with van der Waals surface area (Å²) in [5, 5.41) is 8.90. The summed E-state index contributed by atoms with van der Waals surface area (Å²) in [6.45, 7) is 0.294. The predicted octanol–water partition coefficient (Wildman–Crippen LogP) is 5.44. The summed E-state index contributed by atoms with van der Waals surface area (Å²) in [6, 6.07) is 12.7. The van der Waals surface area contributed by atoms with Crippen molar-refractivity contribution in [3.8, 4) is 0 Å². The molecule has 2 aromatic rings. The van der Waals surface area contributed by atoms with Gasteiger partial charge in [-0.3, -0.25) is 9.59 Å². The van der Waals surface area contributed by atoms with Crippen LogP contribution in [0.15, 0.2) is 53.4 Å². The van der Waals surface area contributed by atoms with E-state index in [1.54, 1.807) is 30.3 Å². The predicted molar refractivity (Wildman–Crippen MR) is 126 cm³/mol. The molecular weight excluding hydrogens is 450 g/mol. The molecule has 0 saturated carbocycles. The Morgan fingerprint density at radius 1 is 0.844 bits per heavy atom. The Bertz CT molecular complexity index is 993. The van der Waals surface area contributed by atoms with Crippen LogP contribution in [-0.2, 0) is 14.8 Å². The maximum Gasteiger partial charge on any atom is 0.303 e. The molecule has 0 heterocycles. The maximum atomic E-state index is 12.9. The summed E-state index contributed by atoms with van der Waals surface area (Å²) >= 11 is 6.03. The second kappa shape index (κ2) is 13.4. The molecule has 2 N–H and O–H groups in total. The topological polar surface area (TPSA) is 101 Å². The number of carboxylic acids is 1. The van der Waals surface area contributed by atoms with E-state index in [2.05, 4.69) is 4.72 Å². The molecule has 0 radical (unpaired) electrons. The smallest absolute Gasteiger partial charge is 0.303 e. The van der Waals surface area contributed by atoms with Gasteiger partial charge in [0, 0.05) is 29.1 Å². The fourth-order valence-corrected chi connectivity index (χ4v) is 4.83. The van der Waals surface area contributed by atoms with E-state index >= 15 is 0 Å². The van der Waals surface area contributed by atoms with Crippen LogP contribution in [0.1, 0.15) is 73.7 Å². The summed E-state index contributed by atoms with van der Waals surface area (Å²) in [7, 11) is -3.85. The van der Waals surface area contributed by atoms with Crippen LogP contribution < -0.4 is 4.72 Å². The van der Waals surface area contributed by atoms with Gasteiger partial charge in [0.05, 0.1) is 4.90 Å². The van der Waals surface area contributed by atoms with E-state index in [1.165, 1.54) is 18.2 Å². The number of aliphatic carboxylic acids is 1. The molecule has 0 aliphatic rings. The van der Waals surface area contributed by atoms with Crippen LogP contribution in [0.4, 0.5) is 0 Å². The number of ketones is 1. The Morgan fingerprint density at radius 2 is 1.44 bits per heavy atom. The van der Waals surface area contributed by atoms with Gasteiger partial charge < -0.3 is 5.11 Å². The first-order valence-corrected chi connectivity index (χ1v) is 12.8. The maximum absolute atomic E-state index is 12.9. The van der Waals surface area contributed by atoms with Gasteiger partial charge in [-0.25, -0.2) is 13.1 Å². The molecule has 174 valence electrons. The van der Waals surface area contributed by atoms with E-state index in [0.29, 0.717) is 23.6 Å². The van der Waals surface area contributed by atoms with Crippen LogP contribution in [0.2, 0.25) is 5.02 Å². The monoisotopic (exact) mass is 479 g/mol. The van der Waals surface area contributed by atoms with Gasteiger partial charge in [0.1, 0.15) is 0 Å². The molecule has 6 nitrogen and oxygen atoms in total. The van der Waals surface area contributed by atoms with Gasteiger partial charge in [-0.2, -0.15) is 0 Å². The first-order valence-electron chi connectivity index (χ1n) is 10.9. The van der Waals surface area contributed by atoms with Crippen LogP contribution in [0.25, 0.3) is 0 Å². The van der Waals surface area contributed by atoms with E-state index in [-0.39, 0.29) is 16.9 Å². The zero-order chi connectivity index (χ0) is 23.4. The number of benzene rings is 2. The van der Waals surface area contributed by atoms with E-state index in [9.17, 15) is 18.0 Å². The van der Waals surface area contributed by atoms with Gasteiger partial charge in [-0.1, -0.05) is 80.5 Å². The molecule has 2 rings (SSSR count). The molecule has 0 aromatic heterocycles. The number of unbranched alkanes of at least 4 members (excludes halogenated alkanes) is 7. The van der Waals surface area contributed by atoms with E-state index in [1.807, 2.05) is 0 Å². The molecule has 0 bridgehead atoms. The van der Waals surface area contributed by atoms with Crippen LogP contribution in [0.5, 0.6) is 0 Å². The fourth-order valence-electron chi connectivity index (χ4n) is 3.41. The Labute approximate surface area is 195 Å². The van der Waals surface area contributed by atoms with E-state index in [4.69, 9.17) is 16.7 Å². The third kappa shape index (κ3) is 8.73. The molecule has 32 heavy (non-hydrogen) atoms. The highest BCUT2D eigenvalue weighted by Gasteiger charge is 2.23. The Kier molecular flexibility index (Phi) is 10.9. The molecule has 0 fully saturated rings. The first kappa shape index (κ1) is 26.0. The number of sulfonamides is 1. The SMILES string of the molecule is O=C(O)CCCCCCCCCCNS(=O)(=O)c1ccc(Cl)cc1C(=O)c1ccccc1. The van der Waals surface area contributed by atoms with Gasteiger partial charge in [0.25, 0.3) is 0 Å². The molecule has 0 saturated heterocycles. The van der Waals surface area contributed by atoms with Crippen molar-refractivity contribution in [2.24, 2.45) is 0 Å². The minimum absolute atomic E-state index is 0.0547. The summed E-state index contributed by atoms with van der Waals surface area (Å²) in [5.41, 5.74) is 0.452. The molecule has 0 unspecified atom stereocenters. The molecular formula is C24H30ClNO5S. The van der Waals surface area contributed by atoms with Crippen molar-refractivity contribution in [2.45, 2.75) is 62.7 Å². The van der Waals surface area contributed by atoms with Crippen molar-refractivity contribution in [2.75, 3.05) is 6.54 Å². The van der Waals surface area contributed by atoms with E-state index in [0.717, 1.165) is 44.9 Å². The number of carbonyl (C=O) groups is 2. The average molecular weight is 480 g/mol. The molecule has 0 amide bonds. The van der Waals surface area contributed by atoms with Gasteiger partial charge in [0.2, 0.25) is 10.0 Å². The fraction of sp³-hybridized carbons (Fsp3) is 0.417. The zero-order valence-corrected chi connectivity index (χ0v) is 19.6. The van der Waals surface area contributed by atoms with Crippen molar-refractivity contribution >= 4 is 33.4 Å².